The van der Waals surface area contributed by atoms with Gasteiger partial charge in [0.2, 0.25) is 15.8 Å². The number of anilines is 1. The first kappa shape index (κ1) is 14.1. The van der Waals surface area contributed by atoms with Gasteiger partial charge in [0, 0.05) is 6.54 Å². The molecule has 1 aromatic heterocycles. The van der Waals surface area contributed by atoms with Gasteiger partial charge in [0.15, 0.2) is 0 Å². The summed E-state index contributed by atoms with van der Waals surface area (Å²) in [5.41, 5.74) is -0.464. The van der Waals surface area contributed by atoms with Crippen LogP contribution in [0, 0.1) is 10.1 Å². The summed E-state index contributed by atoms with van der Waals surface area (Å²) >= 11 is 0. The number of primary sulfonamides is 1. The van der Waals surface area contributed by atoms with Gasteiger partial charge in [0.25, 0.3) is 5.88 Å². The summed E-state index contributed by atoms with van der Waals surface area (Å²) in [4.78, 5) is 17.3. The minimum absolute atomic E-state index is 0.111. The van der Waals surface area contributed by atoms with Gasteiger partial charge >= 0.3 is 5.69 Å². The zero-order chi connectivity index (χ0) is 13.8. The Hall–Kier alpha value is -2.01. The van der Waals surface area contributed by atoms with Crippen molar-refractivity contribution in [2.75, 3.05) is 24.7 Å². The van der Waals surface area contributed by atoms with Crippen molar-refractivity contribution in [3.05, 3.63) is 16.4 Å². The molecule has 0 radical (unpaired) electrons. The molecule has 100 valence electrons. The molecule has 0 fully saturated rings. The molecule has 0 aliphatic rings. The van der Waals surface area contributed by atoms with Crippen molar-refractivity contribution in [3.63, 3.8) is 0 Å². The maximum Gasteiger partial charge on any atom is 0.372 e. The molecule has 0 amide bonds. The van der Waals surface area contributed by atoms with E-state index in [1.165, 1.54) is 7.11 Å². The molecule has 0 unspecified atom stereocenters. The van der Waals surface area contributed by atoms with E-state index in [4.69, 9.17) is 9.88 Å². The fourth-order valence-electron chi connectivity index (χ4n) is 1.12. The Bertz CT molecular complexity index is 545. The molecule has 0 aromatic carbocycles. The summed E-state index contributed by atoms with van der Waals surface area (Å²) in [5, 5.41) is 18.1. The van der Waals surface area contributed by atoms with Crippen LogP contribution in [0.1, 0.15) is 0 Å². The number of nitrogens with one attached hydrogen (secondary N) is 1. The van der Waals surface area contributed by atoms with E-state index in [1.807, 2.05) is 0 Å². The van der Waals surface area contributed by atoms with Gasteiger partial charge < -0.3 is 10.1 Å². The second kappa shape index (κ2) is 5.55. The molecule has 3 N–H and O–H groups in total. The topological polar surface area (TPSA) is 150 Å². The number of hydrogen-bond acceptors (Lipinski definition) is 8. The third kappa shape index (κ3) is 3.78. The van der Waals surface area contributed by atoms with Crippen LogP contribution in [-0.2, 0) is 10.0 Å². The lowest BCUT2D eigenvalue weighted by atomic mass is 10.4. The zero-order valence-corrected chi connectivity index (χ0v) is 10.2. The molecule has 1 rings (SSSR count). The van der Waals surface area contributed by atoms with E-state index in [0.29, 0.717) is 0 Å². The average Bonchev–Trinajstić information content (AvgIpc) is 2.26. The Labute approximate surface area is 102 Å². The molecular weight excluding hydrogens is 266 g/mol. The number of sulfonamides is 1. The minimum atomic E-state index is -3.65. The van der Waals surface area contributed by atoms with Crippen molar-refractivity contribution < 1.29 is 18.1 Å². The Balaban J connectivity index is 2.92. The van der Waals surface area contributed by atoms with Crippen molar-refractivity contribution >= 4 is 21.5 Å². The predicted octanol–water partition coefficient (Wildman–Crippen LogP) is -0.906. The highest BCUT2D eigenvalue weighted by atomic mass is 32.2. The van der Waals surface area contributed by atoms with Crippen LogP contribution in [0.4, 0.5) is 11.5 Å². The van der Waals surface area contributed by atoms with Crippen molar-refractivity contribution in [2.24, 2.45) is 5.14 Å². The third-order valence-corrected chi connectivity index (χ3v) is 2.62. The fraction of sp³-hybridized carbons (Fsp3) is 0.429. The van der Waals surface area contributed by atoms with Gasteiger partial charge in [-0.05, 0) is 0 Å². The number of ether oxygens (including phenoxy) is 1. The Kier molecular flexibility index (Phi) is 4.33. The number of nitrogens with two attached hydrogens (primary N) is 1. The predicted molar refractivity (Wildman–Crippen MR) is 61.7 cm³/mol. The lowest BCUT2D eigenvalue weighted by Crippen LogP contribution is -2.23. The average molecular weight is 277 g/mol. The largest absolute Gasteiger partial charge is 0.476 e. The summed E-state index contributed by atoms with van der Waals surface area (Å²) in [6.45, 7) is -0.111. The molecule has 0 aliphatic heterocycles. The monoisotopic (exact) mass is 277 g/mol. The maximum atomic E-state index is 10.8. The molecule has 0 saturated carbocycles. The SMILES string of the molecule is COc1ncnc(NCCS(N)(=O)=O)c1[N+](=O)[O-]. The molecule has 0 atom stereocenters. The quantitative estimate of drug-likeness (QED) is 0.501. The number of methoxy groups -OCH3 is 1. The summed E-state index contributed by atoms with van der Waals surface area (Å²) in [6, 6.07) is 0. The number of aromatic nitrogens is 2. The van der Waals surface area contributed by atoms with Crippen LogP contribution in [0.15, 0.2) is 6.33 Å². The summed E-state index contributed by atoms with van der Waals surface area (Å²) in [6.07, 6.45) is 1.06. The van der Waals surface area contributed by atoms with Crippen LogP contribution in [0.25, 0.3) is 0 Å². The molecule has 10 nitrogen and oxygen atoms in total. The highest BCUT2D eigenvalue weighted by Gasteiger charge is 2.23. The first-order chi connectivity index (χ1) is 8.35. The standard InChI is InChI=1S/C7H11N5O5S/c1-17-7-5(12(13)14)6(10-4-11-7)9-2-3-18(8,15)16/h4H,2-3H2,1H3,(H2,8,15,16)(H,9,10,11). The van der Waals surface area contributed by atoms with Gasteiger partial charge in [-0.15, -0.1) is 0 Å². The van der Waals surface area contributed by atoms with Gasteiger partial charge in [-0.2, -0.15) is 4.98 Å². The van der Waals surface area contributed by atoms with Crippen LogP contribution in [-0.4, -0.2) is 42.7 Å². The Morgan fingerprint density at radius 3 is 2.72 bits per heavy atom. The van der Waals surface area contributed by atoms with E-state index >= 15 is 0 Å². The van der Waals surface area contributed by atoms with E-state index in [1.54, 1.807) is 0 Å². The Morgan fingerprint density at radius 2 is 2.22 bits per heavy atom. The second-order valence-corrected chi connectivity index (χ2v) is 4.86. The fourth-order valence-corrected chi connectivity index (χ4v) is 1.50. The molecule has 0 aliphatic carbocycles. The molecular formula is C7H11N5O5S. The first-order valence-electron chi connectivity index (χ1n) is 4.63. The zero-order valence-electron chi connectivity index (χ0n) is 9.36. The third-order valence-electron chi connectivity index (χ3n) is 1.84. The van der Waals surface area contributed by atoms with E-state index < -0.39 is 20.6 Å². The first-order valence-corrected chi connectivity index (χ1v) is 6.34. The minimum Gasteiger partial charge on any atom is -0.476 e. The van der Waals surface area contributed by atoms with E-state index in [2.05, 4.69) is 15.3 Å². The summed E-state index contributed by atoms with van der Waals surface area (Å²) in [5.74, 6) is -0.722. The van der Waals surface area contributed by atoms with Crippen LogP contribution < -0.4 is 15.2 Å². The second-order valence-electron chi connectivity index (χ2n) is 3.13. The summed E-state index contributed by atoms with van der Waals surface area (Å²) in [7, 11) is -2.42. The highest BCUT2D eigenvalue weighted by molar-refractivity contribution is 7.89. The molecule has 18 heavy (non-hydrogen) atoms. The molecule has 0 bridgehead atoms. The molecule has 11 heteroatoms. The smallest absolute Gasteiger partial charge is 0.372 e. The molecule has 0 saturated heterocycles. The highest BCUT2D eigenvalue weighted by Crippen LogP contribution is 2.29. The number of hydrogen-bond donors (Lipinski definition) is 2. The van der Waals surface area contributed by atoms with Crippen LogP contribution >= 0.6 is 0 Å². The van der Waals surface area contributed by atoms with Crippen LogP contribution in [0.5, 0.6) is 5.88 Å². The van der Waals surface area contributed by atoms with Gasteiger partial charge in [-0.1, -0.05) is 0 Å². The van der Waals surface area contributed by atoms with Crippen molar-refractivity contribution in [1.82, 2.24) is 9.97 Å². The normalized spacial score (nSPS) is 11.0. The Morgan fingerprint density at radius 1 is 1.56 bits per heavy atom. The maximum absolute atomic E-state index is 10.8. The lowest BCUT2D eigenvalue weighted by Gasteiger charge is -2.06. The number of rotatable bonds is 6. The van der Waals surface area contributed by atoms with E-state index in [-0.39, 0.29) is 24.0 Å². The van der Waals surface area contributed by atoms with Gasteiger partial charge in [-0.25, -0.2) is 18.5 Å². The van der Waals surface area contributed by atoms with Gasteiger partial charge in [0.05, 0.1) is 17.8 Å². The molecule has 1 aromatic rings. The molecule has 0 spiro atoms. The lowest BCUT2D eigenvalue weighted by molar-refractivity contribution is -0.385. The number of nitrogens with zero attached hydrogens (tertiary/aromatic N) is 3. The van der Waals surface area contributed by atoms with Crippen LogP contribution in [0.3, 0.4) is 0 Å². The van der Waals surface area contributed by atoms with Gasteiger partial charge in [-0.3, -0.25) is 10.1 Å². The van der Waals surface area contributed by atoms with Crippen molar-refractivity contribution in [1.29, 1.82) is 0 Å². The summed E-state index contributed by atoms with van der Waals surface area (Å²) < 4.78 is 26.1. The van der Waals surface area contributed by atoms with Gasteiger partial charge in [0.1, 0.15) is 6.33 Å². The van der Waals surface area contributed by atoms with Crippen molar-refractivity contribution in [2.45, 2.75) is 0 Å². The van der Waals surface area contributed by atoms with Crippen LogP contribution in [0.2, 0.25) is 0 Å². The number of nitro groups is 1. The van der Waals surface area contributed by atoms with Crippen molar-refractivity contribution in [3.8, 4) is 5.88 Å². The molecule has 1 heterocycles. The van der Waals surface area contributed by atoms with E-state index in [9.17, 15) is 18.5 Å². The van der Waals surface area contributed by atoms with E-state index in [0.717, 1.165) is 6.33 Å².